The molecule has 0 saturated carbocycles. The highest BCUT2D eigenvalue weighted by molar-refractivity contribution is 6.27. The number of benzene rings is 1. The molecule has 0 fully saturated rings. The van der Waals surface area contributed by atoms with Crippen LogP contribution >= 0.6 is 0 Å². The van der Waals surface area contributed by atoms with Gasteiger partial charge >= 0.3 is 0 Å². The first-order valence-corrected chi connectivity index (χ1v) is 7.17. The maximum Gasteiger partial charge on any atom is 0.229 e. The van der Waals surface area contributed by atoms with Gasteiger partial charge in [0.2, 0.25) is 11.7 Å². The zero-order chi connectivity index (χ0) is 16.8. The lowest BCUT2D eigenvalue weighted by atomic mass is 9.77. The van der Waals surface area contributed by atoms with Gasteiger partial charge in [-0.25, -0.2) is 0 Å². The Morgan fingerprint density at radius 3 is 2.38 bits per heavy atom. The van der Waals surface area contributed by atoms with Crippen LogP contribution < -0.4 is 5.73 Å². The Morgan fingerprint density at radius 1 is 1.04 bits per heavy atom. The largest absolute Gasteiger partial charge is 0.468 e. The second kappa shape index (κ2) is 4.96. The van der Waals surface area contributed by atoms with Crippen LogP contribution in [0.3, 0.4) is 0 Å². The molecule has 4 rings (SSSR count). The second-order valence-corrected chi connectivity index (χ2v) is 5.39. The number of Topliss-reactive ketones (excluding diaryl/α,β-unsaturated/α-hetero) is 2. The molecule has 6 nitrogen and oxygen atoms in total. The molecule has 1 atom stereocenters. The highest BCUT2D eigenvalue weighted by atomic mass is 16.5. The SMILES string of the molecule is N#CC1=C(N)OC2=C(C(=O)c3ccccc3C2=O)C1c1ccco1. The molecular formula is C18H10N2O4. The van der Waals surface area contributed by atoms with Gasteiger partial charge in [0.1, 0.15) is 17.4 Å². The third kappa shape index (κ3) is 1.75. The Labute approximate surface area is 136 Å². The fourth-order valence-electron chi connectivity index (χ4n) is 3.05. The normalized spacial score (nSPS) is 19.5. The van der Waals surface area contributed by atoms with Gasteiger partial charge in [-0.05, 0) is 12.1 Å². The standard InChI is InChI=1S/C18H10N2O4/c19-8-11-13(12-6-3-7-23-12)14-15(21)9-4-1-2-5-10(9)16(22)17(14)24-18(11)20/h1-7,13H,20H2. The van der Waals surface area contributed by atoms with E-state index >= 15 is 0 Å². The van der Waals surface area contributed by atoms with Crippen LogP contribution in [-0.4, -0.2) is 11.6 Å². The Hall–Kier alpha value is -3.59. The lowest BCUT2D eigenvalue weighted by molar-refractivity contribution is 0.0895. The monoisotopic (exact) mass is 318 g/mol. The molecule has 24 heavy (non-hydrogen) atoms. The van der Waals surface area contributed by atoms with Gasteiger partial charge < -0.3 is 14.9 Å². The van der Waals surface area contributed by atoms with Crippen LogP contribution in [0, 0.1) is 11.3 Å². The molecule has 1 aromatic heterocycles. The van der Waals surface area contributed by atoms with E-state index in [9.17, 15) is 14.9 Å². The minimum Gasteiger partial charge on any atom is -0.468 e. The van der Waals surface area contributed by atoms with Gasteiger partial charge in [-0.3, -0.25) is 9.59 Å². The molecule has 2 heterocycles. The first kappa shape index (κ1) is 14.0. The second-order valence-electron chi connectivity index (χ2n) is 5.39. The molecule has 1 aromatic carbocycles. The van der Waals surface area contributed by atoms with Crippen molar-refractivity contribution < 1.29 is 18.7 Å². The lowest BCUT2D eigenvalue weighted by Crippen LogP contribution is -2.32. The predicted octanol–water partition coefficient (Wildman–Crippen LogP) is 2.42. The molecule has 1 aliphatic heterocycles. The highest BCUT2D eigenvalue weighted by Crippen LogP contribution is 2.43. The number of furan rings is 1. The fraction of sp³-hybridized carbons (Fsp3) is 0.0556. The van der Waals surface area contributed by atoms with Crippen molar-refractivity contribution >= 4 is 11.6 Å². The van der Waals surface area contributed by atoms with E-state index in [1.54, 1.807) is 36.4 Å². The first-order valence-electron chi connectivity index (χ1n) is 7.17. The van der Waals surface area contributed by atoms with Crippen molar-refractivity contribution in [2.24, 2.45) is 5.73 Å². The number of carbonyl (C=O) groups excluding carboxylic acids is 2. The van der Waals surface area contributed by atoms with E-state index in [0.717, 1.165) is 0 Å². The number of hydrogen-bond donors (Lipinski definition) is 1. The molecule has 2 N–H and O–H groups in total. The Morgan fingerprint density at radius 2 is 1.75 bits per heavy atom. The number of rotatable bonds is 1. The summed E-state index contributed by atoms with van der Waals surface area (Å²) in [6.07, 6.45) is 1.43. The third-order valence-corrected chi connectivity index (χ3v) is 4.11. The lowest BCUT2D eigenvalue weighted by Gasteiger charge is -2.29. The number of ether oxygens (including phenoxy) is 1. The average Bonchev–Trinajstić information content (AvgIpc) is 3.13. The summed E-state index contributed by atoms with van der Waals surface area (Å²) in [5, 5.41) is 9.44. The minimum atomic E-state index is -0.862. The minimum absolute atomic E-state index is 0.0456. The van der Waals surface area contributed by atoms with E-state index in [-0.39, 0.29) is 39.7 Å². The smallest absolute Gasteiger partial charge is 0.229 e. The van der Waals surface area contributed by atoms with Crippen molar-refractivity contribution in [3.8, 4) is 6.07 Å². The third-order valence-electron chi connectivity index (χ3n) is 4.11. The van der Waals surface area contributed by atoms with E-state index in [1.165, 1.54) is 6.26 Å². The molecule has 0 bridgehead atoms. The van der Waals surface area contributed by atoms with Gasteiger partial charge in [0.25, 0.3) is 0 Å². The van der Waals surface area contributed by atoms with Crippen LogP contribution in [0.25, 0.3) is 0 Å². The molecule has 2 aliphatic rings. The van der Waals surface area contributed by atoms with Gasteiger partial charge in [0.15, 0.2) is 11.5 Å². The molecule has 0 amide bonds. The zero-order valence-electron chi connectivity index (χ0n) is 12.3. The molecule has 0 radical (unpaired) electrons. The Bertz CT molecular complexity index is 990. The zero-order valence-corrected chi connectivity index (χ0v) is 12.3. The van der Waals surface area contributed by atoms with Gasteiger partial charge in [-0.1, -0.05) is 24.3 Å². The van der Waals surface area contributed by atoms with E-state index in [1.807, 2.05) is 6.07 Å². The van der Waals surface area contributed by atoms with Crippen LogP contribution in [0.5, 0.6) is 0 Å². The van der Waals surface area contributed by atoms with Gasteiger partial charge in [-0.15, -0.1) is 0 Å². The molecule has 0 spiro atoms. The summed E-state index contributed by atoms with van der Waals surface area (Å²) in [6, 6.07) is 11.7. The molecule has 2 aromatic rings. The first-order chi connectivity index (χ1) is 11.6. The van der Waals surface area contributed by atoms with Crippen molar-refractivity contribution in [3.05, 3.63) is 82.3 Å². The molecule has 0 saturated heterocycles. The predicted molar refractivity (Wildman–Crippen MR) is 81.5 cm³/mol. The Balaban J connectivity index is 1.99. The summed E-state index contributed by atoms with van der Waals surface area (Å²) in [6.45, 7) is 0. The number of nitriles is 1. The summed E-state index contributed by atoms with van der Waals surface area (Å²) in [7, 11) is 0. The van der Waals surface area contributed by atoms with Gasteiger partial charge in [-0.2, -0.15) is 5.26 Å². The fourth-order valence-corrected chi connectivity index (χ4v) is 3.05. The van der Waals surface area contributed by atoms with Crippen molar-refractivity contribution in [1.82, 2.24) is 0 Å². The molecular weight excluding hydrogens is 308 g/mol. The number of nitrogens with two attached hydrogens (primary N) is 1. The summed E-state index contributed by atoms with van der Waals surface area (Å²) in [5.74, 6) is -1.65. The maximum absolute atomic E-state index is 13.0. The quantitative estimate of drug-likeness (QED) is 0.865. The van der Waals surface area contributed by atoms with Crippen LogP contribution in [0.4, 0.5) is 0 Å². The molecule has 116 valence electrons. The van der Waals surface area contributed by atoms with Gasteiger partial charge in [0, 0.05) is 11.1 Å². The average molecular weight is 318 g/mol. The molecule has 6 heteroatoms. The van der Waals surface area contributed by atoms with E-state index in [4.69, 9.17) is 14.9 Å². The number of ketones is 2. The van der Waals surface area contributed by atoms with Crippen molar-refractivity contribution in [1.29, 1.82) is 5.26 Å². The number of fused-ring (bicyclic) bond motifs is 1. The number of carbonyl (C=O) groups is 2. The number of allylic oxidation sites excluding steroid dienone is 3. The van der Waals surface area contributed by atoms with Crippen LogP contribution in [0.1, 0.15) is 32.4 Å². The highest BCUT2D eigenvalue weighted by Gasteiger charge is 2.44. The summed E-state index contributed by atoms with van der Waals surface area (Å²) < 4.78 is 10.7. The number of nitrogens with zero attached hydrogens (tertiary/aromatic N) is 1. The number of hydrogen-bond acceptors (Lipinski definition) is 6. The van der Waals surface area contributed by atoms with Gasteiger partial charge in [0.05, 0.1) is 17.8 Å². The molecule has 1 unspecified atom stereocenters. The topological polar surface area (TPSA) is 106 Å². The van der Waals surface area contributed by atoms with Crippen LogP contribution in [0.15, 0.2) is 69.9 Å². The Kier molecular flexibility index (Phi) is 2.90. The van der Waals surface area contributed by atoms with Crippen molar-refractivity contribution in [3.63, 3.8) is 0 Å². The molecule has 1 aliphatic carbocycles. The maximum atomic E-state index is 13.0. The summed E-state index contributed by atoms with van der Waals surface area (Å²) >= 11 is 0. The van der Waals surface area contributed by atoms with Crippen LogP contribution in [0.2, 0.25) is 0 Å². The van der Waals surface area contributed by atoms with E-state index in [2.05, 4.69) is 0 Å². The van der Waals surface area contributed by atoms with Crippen molar-refractivity contribution in [2.75, 3.05) is 0 Å². The summed E-state index contributed by atoms with van der Waals surface area (Å²) in [4.78, 5) is 25.7. The van der Waals surface area contributed by atoms with Crippen LogP contribution in [-0.2, 0) is 4.74 Å². The van der Waals surface area contributed by atoms with E-state index in [0.29, 0.717) is 5.76 Å². The van der Waals surface area contributed by atoms with Crippen molar-refractivity contribution in [2.45, 2.75) is 5.92 Å². The summed E-state index contributed by atoms with van der Waals surface area (Å²) in [5.41, 5.74) is 6.48. The van der Waals surface area contributed by atoms with E-state index < -0.39 is 11.7 Å².